The molecule has 0 spiro atoms. The SMILES string of the molecule is CCOc1cnc(-c2cc(CC)ccc2OC)o1. The maximum Gasteiger partial charge on any atom is 0.305 e. The van der Waals surface area contributed by atoms with Crippen molar-refractivity contribution in [1.29, 1.82) is 0 Å². The van der Waals surface area contributed by atoms with Gasteiger partial charge in [0.15, 0.2) is 0 Å². The Labute approximate surface area is 107 Å². The third kappa shape index (κ3) is 2.47. The summed E-state index contributed by atoms with van der Waals surface area (Å²) in [6.07, 6.45) is 2.53. The number of ether oxygens (including phenoxy) is 2. The van der Waals surface area contributed by atoms with Gasteiger partial charge >= 0.3 is 5.95 Å². The van der Waals surface area contributed by atoms with Crippen LogP contribution >= 0.6 is 0 Å². The first kappa shape index (κ1) is 12.5. The van der Waals surface area contributed by atoms with Crippen LogP contribution in [-0.2, 0) is 6.42 Å². The Bertz CT molecular complexity index is 520. The van der Waals surface area contributed by atoms with Gasteiger partial charge in [-0.25, -0.2) is 4.98 Å². The molecule has 4 nitrogen and oxygen atoms in total. The number of methoxy groups -OCH3 is 1. The number of nitrogens with zero attached hydrogens (tertiary/aromatic N) is 1. The molecule has 0 saturated heterocycles. The number of aromatic nitrogens is 1. The lowest BCUT2D eigenvalue weighted by Crippen LogP contribution is -1.90. The zero-order valence-corrected chi connectivity index (χ0v) is 10.9. The molecule has 1 heterocycles. The Balaban J connectivity index is 2.40. The van der Waals surface area contributed by atoms with Gasteiger partial charge in [0.25, 0.3) is 0 Å². The van der Waals surface area contributed by atoms with Crippen molar-refractivity contribution >= 4 is 0 Å². The highest BCUT2D eigenvalue weighted by atomic mass is 16.6. The summed E-state index contributed by atoms with van der Waals surface area (Å²) in [7, 11) is 1.64. The highest BCUT2D eigenvalue weighted by Gasteiger charge is 2.13. The van der Waals surface area contributed by atoms with Crippen LogP contribution in [-0.4, -0.2) is 18.7 Å². The summed E-state index contributed by atoms with van der Waals surface area (Å²) in [5.74, 6) is 1.69. The number of oxazole rings is 1. The van der Waals surface area contributed by atoms with Gasteiger partial charge in [-0.2, -0.15) is 0 Å². The molecule has 0 atom stereocenters. The van der Waals surface area contributed by atoms with Gasteiger partial charge in [-0.15, -0.1) is 0 Å². The third-order valence-corrected chi connectivity index (χ3v) is 2.67. The minimum Gasteiger partial charge on any atom is -0.496 e. The van der Waals surface area contributed by atoms with Crippen LogP contribution in [0.2, 0.25) is 0 Å². The predicted octanol–water partition coefficient (Wildman–Crippen LogP) is 3.31. The molecule has 2 aromatic rings. The monoisotopic (exact) mass is 247 g/mol. The molecule has 96 valence electrons. The second kappa shape index (κ2) is 5.58. The van der Waals surface area contributed by atoms with Crippen LogP contribution in [0.3, 0.4) is 0 Å². The highest BCUT2D eigenvalue weighted by molar-refractivity contribution is 5.64. The van der Waals surface area contributed by atoms with Gasteiger partial charge < -0.3 is 13.9 Å². The summed E-state index contributed by atoms with van der Waals surface area (Å²) in [6.45, 7) is 4.56. The summed E-state index contributed by atoms with van der Waals surface area (Å²) >= 11 is 0. The van der Waals surface area contributed by atoms with Gasteiger partial charge in [-0.3, -0.25) is 0 Å². The number of hydrogen-bond donors (Lipinski definition) is 0. The molecule has 0 unspecified atom stereocenters. The Morgan fingerprint density at radius 2 is 2.11 bits per heavy atom. The minimum atomic E-state index is 0.427. The molecule has 4 heteroatoms. The average Bonchev–Trinajstić information content (AvgIpc) is 2.87. The first-order valence-corrected chi connectivity index (χ1v) is 6.04. The molecule has 2 rings (SSSR count). The van der Waals surface area contributed by atoms with E-state index in [1.807, 2.05) is 25.1 Å². The van der Waals surface area contributed by atoms with Gasteiger partial charge in [-0.05, 0) is 31.0 Å². The van der Waals surface area contributed by atoms with Gasteiger partial charge in [-0.1, -0.05) is 13.0 Å². The zero-order chi connectivity index (χ0) is 13.0. The fraction of sp³-hybridized carbons (Fsp3) is 0.357. The largest absolute Gasteiger partial charge is 0.496 e. The Kier molecular flexibility index (Phi) is 3.87. The van der Waals surface area contributed by atoms with Gasteiger partial charge in [0.05, 0.1) is 19.3 Å². The molecule has 1 aromatic carbocycles. The van der Waals surface area contributed by atoms with Crippen LogP contribution in [0.15, 0.2) is 28.8 Å². The summed E-state index contributed by atoms with van der Waals surface area (Å²) in [5.41, 5.74) is 2.06. The molecule has 18 heavy (non-hydrogen) atoms. The van der Waals surface area contributed by atoms with E-state index in [0.717, 1.165) is 17.7 Å². The predicted molar refractivity (Wildman–Crippen MR) is 69.0 cm³/mol. The van der Waals surface area contributed by atoms with Crippen LogP contribution in [0.5, 0.6) is 11.7 Å². The van der Waals surface area contributed by atoms with Gasteiger partial charge in [0, 0.05) is 0 Å². The van der Waals surface area contributed by atoms with Crippen LogP contribution in [0, 0.1) is 0 Å². The quantitative estimate of drug-likeness (QED) is 0.813. The van der Waals surface area contributed by atoms with Crippen molar-refractivity contribution in [2.45, 2.75) is 20.3 Å². The molecule has 0 aliphatic heterocycles. The Morgan fingerprint density at radius 1 is 1.28 bits per heavy atom. The smallest absolute Gasteiger partial charge is 0.305 e. The van der Waals surface area contributed by atoms with Crippen LogP contribution in [0.25, 0.3) is 11.5 Å². The summed E-state index contributed by atoms with van der Waals surface area (Å²) in [6, 6.07) is 5.99. The number of hydrogen-bond acceptors (Lipinski definition) is 4. The molecule has 0 aliphatic carbocycles. The van der Waals surface area contributed by atoms with Crippen LogP contribution < -0.4 is 9.47 Å². The molecule has 0 saturated carbocycles. The van der Waals surface area contributed by atoms with E-state index in [0.29, 0.717) is 18.4 Å². The maximum atomic E-state index is 5.54. The summed E-state index contributed by atoms with van der Waals surface area (Å²) in [4.78, 5) is 4.22. The van der Waals surface area contributed by atoms with Crippen LogP contribution in [0.4, 0.5) is 0 Å². The minimum absolute atomic E-state index is 0.427. The van der Waals surface area contributed by atoms with Crippen LogP contribution in [0.1, 0.15) is 19.4 Å². The first-order chi connectivity index (χ1) is 8.78. The van der Waals surface area contributed by atoms with E-state index in [1.165, 1.54) is 5.56 Å². The summed E-state index contributed by atoms with van der Waals surface area (Å²) in [5, 5.41) is 0. The molecule has 0 N–H and O–H groups in total. The van der Waals surface area contributed by atoms with Crippen molar-refractivity contribution in [2.24, 2.45) is 0 Å². The maximum absolute atomic E-state index is 5.54. The van der Waals surface area contributed by atoms with Crippen molar-refractivity contribution in [3.63, 3.8) is 0 Å². The normalized spacial score (nSPS) is 10.4. The molecular formula is C14H17NO3. The second-order valence-electron chi connectivity index (χ2n) is 3.81. The van der Waals surface area contributed by atoms with Crippen molar-refractivity contribution in [1.82, 2.24) is 4.98 Å². The lowest BCUT2D eigenvalue weighted by molar-refractivity contribution is 0.260. The fourth-order valence-corrected chi connectivity index (χ4v) is 1.74. The van der Waals surface area contributed by atoms with E-state index < -0.39 is 0 Å². The molecule has 0 aliphatic rings. The fourth-order valence-electron chi connectivity index (χ4n) is 1.74. The van der Waals surface area contributed by atoms with Crippen molar-refractivity contribution in [2.75, 3.05) is 13.7 Å². The van der Waals surface area contributed by atoms with Crippen molar-refractivity contribution in [3.05, 3.63) is 30.0 Å². The Hall–Kier alpha value is -1.97. The number of rotatable bonds is 5. The molecule has 1 aromatic heterocycles. The molecule has 0 amide bonds. The molecule has 0 bridgehead atoms. The lowest BCUT2D eigenvalue weighted by Gasteiger charge is -2.07. The number of benzene rings is 1. The highest BCUT2D eigenvalue weighted by Crippen LogP contribution is 2.32. The molecule has 0 radical (unpaired) electrons. The van der Waals surface area contributed by atoms with E-state index in [1.54, 1.807) is 13.3 Å². The van der Waals surface area contributed by atoms with Crippen molar-refractivity contribution in [3.8, 4) is 23.1 Å². The average molecular weight is 247 g/mol. The second-order valence-corrected chi connectivity index (χ2v) is 3.81. The van der Waals surface area contributed by atoms with E-state index >= 15 is 0 Å². The molecule has 0 fully saturated rings. The van der Waals surface area contributed by atoms with Gasteiger partial charge in [0.1, 0.15) is 11.9 Å². The summed E-state index contributed by atoms with van der Waals surface area (Å²) < 4.78 is 16.1. The molecular weight excluding hydrogens is 230 g/mol. The topological polar surface area (TPSA) is 44.5 Å². The van der Waals surface area contributed by atoms with E-state index in [9.17, 15) is 0 Å². The standard InChI is InChI=1S/C14H17NO3/c1-4-10-6-7-12(16-3)11(8-10)14-15-9-13(18-14)17-5-2/h6-9H,4-5H2,1-3H3. The van der Waals surface area contributed by atoms with E-state index in [2.05, 4.69) is 11.9 Å². The lowest BCUT2D eigenvalue weighted by atomic mass is 10.1. The first-order valence-electron chi connectivity index (χ1n) is 6.04. The van der Waals surface area contributed by atoms with E-state index in [-0.39, 0.29) is 0 Å². The Morgan fingerprint density at radius 3 is 2.78 bits per heavy atom. The zero-order valence-electron chi connectivity index (χ0n) is 10.9. The third-order valence-electron chi connectivity index (χ3n) is 2.67. The van der Waals surface area contributed by atoms with Gasteiger partial charge in [0.2, 0.25) is 5.89 Å². The van der Waals surface area contributed by atoms with Crippen molar-refractivity contribution < 1.29 is 13.9 Å². The number of aryl methyl sites for hydroxylation is 1. The van der Waals surface area contributed by atoms with E-state index in [4.69, 9.17) is 13.9 Å².